The lowest BCUT2D eigenvalue weighted by Gasteiger charge is -2.38. The second-order valence-corrected chi connectivity index (χ2v) is 8.55. The normalized spacial score (nSPS) is 18.1. The van der Waals surface area contributed by atoms with Crippen molar-refractivity contribution >= 4 is 17.0 Å². The van der Waals surface area contributed by atoms with Crippen molar-refractivity contribution in [3.63, 3.8) is 0 Å². The van der Waals surface area contributed by atoms with Crippen LogP contribution in [0, 0.1) is 0 Å². The van der Waals surface area contributed by atoms with Gasteiger partial charge in [0.15, 0.2) is 0 Å². The van der Waals surface area contributed by atoms with Crippen LogP contribution in [0.15, 0.2) is 49.1 Å². The number of allylic oxidation sites excluding steroid dienone is 1. The van der Waals surface area contributed by atoms with Crippen LogP contribution >= 0.6 is 0 Å². The maximum atomic E-state index is 4.92. The molecule has 5 rings (SSSR count). The zero-order valence-corrected chi connectivity index (χ0v) is 18.3. The number of nitrogens with zero attached hydrogens (tertiary/aromatic N) is 7. The minimum Gasteiger partial charge on any atom is -0.371 e. The van der Waals surface area contributed by atoms with Crippen LogP contribution in [0.4, 0.5) is 5.95 Å². The zero-order chi connectivity index (χ0) is 21.4. The Balaban J connectivity index is 1.24. The van der Waals surface area contributed by atoms with Gasteiger partial charge < -0.3 is 9.80 Å². The van der Waals surface area contributed by atoms with Crippen LogP contribution < -0.4 is 4.90 Å². The van der Waals surface area contributed by atoms with Gasteiger partial charge in [0.25, 0.3) is 0 Å². The maximum Gasteiger partial charge on any atom is 0.225 e. The van der Waals surface area contributed by atoms with Gasteiger partial charge in [0.2, 0.25) is 5.95 Å². The highest BCUT2D eigenvalue weighted by Gasteiger charge is 2.25. The standard InChI is InChI=1S/C24H29N7/c1-17(2)31-9-6-21-20(16-31)15-27-24(28-21)30-12-10-29(11-13-30)18(3)19-4-5-22-23(14-19)26-8-7-25-22/h4-5,7-8,14-15,18H,1,6,9-13,16H2,2-3H3. The number of hydrogen-bond acceptors (Lipinski definition) is 7. The zero-order valence-electron chi connectivity index (χ0n) is 18.3. The molecule has 0 saturated carbocycles. The molecule has 4 heterocycles. The van der Waals surface area contributed by atoms with Crippen molar-refractivity contribution in [1.82, 2.24) is 29.7 Å². The van der Waals surface area contributed by atoms with E-state index in [4.69, 9.17) is 9.97 Å². The average Bonchev–Trinajstić information content (AvgIpc) is 2.82. The molecule has 1 aromatic carbocycles. The lowest BCUT2D eigenvalue weighted by atomic mass is 10.0. The Bertz CT molecular complexity index is 1100. The van der Waals surface area contributed by atoms with Crippen LogP contribution in [0.5, 0.6) is 0 Å². The largest absolute Gasteiger partial charge is 0.371 e. The first kappa shape index (κ1) is 19.9. The molecule has 1 saturated heterocycles. The first-order chi connectivity index (χ1) is 15.1. The van der Waals surface area contributed by atoms with E-state index in [1.165, 1.54) is 16.8 Å². The third-order valence-corrected chi connectivity index (χ3v) is 6.58. The molecule has 0 N–H and O–H groups in total. The molecule has 0 spiro atoms. The predicted octanol–water partition coefficient (Wildman–Crippen LogP) is 3.19. The van der Waals surface area contributed by atoms with Gasteiger partial charge in [-0.25, -0.2) is 9.97 Å². The van der Waals surface area contributed by atoms with Crippen molar-refractivity contribution in [2.75, 3.05) is 37.6 Å². The van der Waals surface area contributed by atoms with Crippen LogP contribution in [0.25, 0.3) is 11.0 Å². The van der Waals surface area contributed by atoms with Crippen molar-refractivity contribution in [2.45, 2.75) is 32.9 Å². The molecule has 7 nitrogen and oxygen atoms in total. The van der Waals surface area contributed by atoms with E-state index in [1.807, 2.05) is 6.20 Å². The predicted molar refractivity (Wildman–Crippen MR) is 123 cm³/mol. The molecular formula is C24H29N7. The maximum absolute atomic E-state index is 4.92. The Hall–Kier alpha value is -3.06. The molecule has 1 unspecified atom stereocenters. The highest BCUT2D eigenvalue weighted by Crippen LogP contribution is 2.26. The minimum absolute atomic E-state index is 0.339. The number of anilines is 1. The summed E-state index contributed by atoms with van der Waals surface area (Å²) in [7, 11) is 0. The molecule has 3 aromatic rings. The van der Waals surface area contributed by atoms with E-state index in [0.29, 0.717) is 6.04 Å². The fraction of sp³-hybridized carbons (Fsp3) is 0.417. The molecule has 1 atom stereocenters. The highest BCUT2D eigenvalue weighted by molar-refractivity contribution is 5.74. The Kier molecular flexibility index (Phi) is 5.28. The molecule has 0 amide bonds. The van der Waals surface area contributed by atoms with E-state index in [-0.39, 0.29) is 0 Å². The Morgan fingerprint density at radius 3 is 2.55 bits per heavy atom. The number of hydrogen-bond donors (Lipinski definition) is 0. The van der Waals surface area contributed by atoms with E-state index in [2.05, 4.69) is 63.3 Å². The molecule has 2 aliphatic rings. The summed E-state index contributed by atoms with van der Waals surface area (Å²) in [6.07, 6.45) is 6.46. The molecule has 31 heavy (non-hydrogen) atoms. The van der Waals surface area contributed by atoms with Gasteiger partial charge in [-0.2, -0.15) is 0 Å². The number of rotatable bonds is 4. The van der Waals surface area contributed by atoms with Gasteiger partial charge in [-0.05, 0) is 31.5 Å². The summed E-state index contributed by atoms with van der Waals surface area (Å²) < 4.78 is 0. The second-order valence-electron chi connectivity index (χ2n) is 8.55. The Morgan fingerprint density at radius 1 is 1.00 bits per heavy atom. The fourth-order valence-corrected chi connectivity index (χ4v) is 4.54. The number of benzene rings is 1. The molecular weight excluding hydrogens is 386 g/mol. The van der Waals surface area contributed by atoms with Crippen LogP contribution in [-0.2, 0) is 13.0 Å². The summed E-state index contributed by atoms with van der Waals surface area (Å²) in [5.41, 5.74) is 6.71. The van der Waals surface area contributed by atoms with Gasteiger partial charge in [0.05, 0.1) is 16.7 Å². The van der Waals surface area contributed by atoms with Gasteiger partial charge >= 0.3 is 0 Å². The van der Waals surface area contributed by atoms with Gasteiger partial charge in [-0.3, -0.25) is 14.9 Å². The minimum atomic E-state index is 0.339. The van der Waals surface area contributed by atoms with Crippen LogP contribution in [0.1, 0.15) is 36.7 Å². The van der Waals surface area contributed by atoms with E-state index in [0.717, 1.165) is 68.4 Å². The van der Waals surface area contributed by atoms with Gasteiger partial charge in [-0.1, -0.05) is 12.6 Å². The number of piperazine rings is 1. The second kappa shape index (κ2) is 8.23. The fourth-order valence-electron chi connectivity index (χ4n) is 4.54. The van der Waals surface area contributed by atoms with Crippen molar-refractivity contribution < 1.29 is 0 Å². The Labute approximate surface area is 183 Å². The summed E-state index contributed by atoms with van der Waals surface area (Å²) in [5, 5.41) is 0. The lowest BCUT2D eigenvalue weighted by Crippen LogP contribution is -2.47. The Morgan fingerprint density at radius 2 is 1.77 bits per heavy atom. The van der Waals surface area contributed by atoms with Crippen LogP contribution in [0.2, 0.25) is 0 Å². The average molecular weight is 416 g/mol. The monoisotopic (exact) mass is 415 g/mol. The lowest BCUT2D eigenvalue weighted by molar-refractivity contribution is 0.198. The van der Waals surface area contributed by atoms with Crippen LogP contribution in [-0.4, -0.2) is 62.5 Å². The molecule has 0 aliphatic carbocycles. The molecule has 1 fully saturated rings. The summed E-state index contributed by atoms with van der Waals surface area (Å²) in [6, 6.07) is 6.75. The first-order valence-electron chi connectivity index (χ1n) is 11.0. The molecule has 2 aliphatic heterocycles. The van der Waals surface area contributed by atoms with Crippen molar-refractivity contribution in [3.8, 4) is 0 Å². The van der Waals surface area contributed by atoms with Crippen molar-refractivity contribution in [3.05, 3.63) is 65.9 Å². The summed E-state index contributed by atoms with van der Waals surface area (Å²) in [5.74, 6) is 0.871. The third-order valence-electron chi connectivity index (χ3n) is 6.58. The summed E-state index contributed by atoms with van der Waals surface area (Å²) in [4.78, 5) is 25.6. The van der Waals surface area contributed by atoms with Gasteiger partial charge in [0.1, 0.15) is 0 Å². The van der Waals surface area contributed by atoms with Crippen molar-refractivity contribution in [1.29, 1.82) is 0 Å². The van der Waals surface area contributed by atoms with E-state index >= 15 is 0 Å². The smallest absolute Gasteiger partial charge is 0.225 e. The topological polar surface area (TPSA) is 61.3 Å². The number of fused-ring (bicyclic) bond motifs is 2. The first-order valence-corrected chi connectivity index (χ1v) is 11.0. The van der Waals surface area contributed by atoms with Crippen molar-refractivity contribution in [2.24, 2.45) is 0 Å². The quantitative estimate of drug-likeness (QED) is 0.648. The molecule has 0 radical (unpaired) electrons. The molecule has 160 valence electrons. The summed E-state index contributed by atoms with van der Waals surface area (Å²) in [6.45, 7) is 14.1. The SMILES string of the molecule is C=C(C)N1CCc2nc(N3CCN(C(C)c4ccc5nccnc5c4)CC3)ncc2C1. The third kappa shape index (κ3) is 3.97. The molecule has 2 aromatic heterocycles. The van der Waals surface area contributed by atoms with E-state index in [1.54, 1.807) is 12.4 Å². The molecule has 0 bridgehead atoms. The van der Waals surface area contributed by atoms with Gasteiger partial charge in [-0.15, -0.1) is 0 Å². The summed E-state index contributed by atoms with van der Waals surface area (Å²) >= 11 is 0. The van der Waals surface area contributed by atoms with Gasteiger partial charge in [0, 0.05) is 81.6 Å². The molecule has 7 heteroatoms. The number of aromatic nitrogens is 4. The van der Waals surface area contributed by atoms with Crippen LogP contribution in [0.3, 0.4) is 0 Å². The highest BCUT2D eigenvalue weighted by atomic mass is 15.3. The van der Waals surface area contributed by atoms with E-state index in [9.17, 15) is 0 Å². The van der Waals surface area contributed by atoms with E-state index < -0.39 is 0 Å².